The zero-order valence-electron chi connectivity index (χ0n) is 21.9. The van der Waals surface area contributed by atoms with Gasteiger partial charge in [0, 0.05) is 30.1 Å². The van der Waals surface area contributed by atoms with Crippen LogP contribution >= 0.6 is 0 Å². The van der Waals surface area contributed by atoms with Crippen molar-refractivity contribution in [3.63, 3.8) is 0 Å². The number of hydrogen-bond acceptors (Lipinski definition) is 7. The van der Waals surface area contributed by atoms with Crippen LogP contribution < -0.4 is 10.0 Å². The number of aryl methyl sites for hydroxylation is 2. The van der Waals surface area contributed by atoms with Crippen LogP contribution in [0.4, 0.5) is 28.0 Å². The second kappa shape index (κ2) is 11.4. The molecule has 1 aliphatic rings. The summed E-state index contributed by atoms with van der Waals surface area (Å²) < 4.78 is 84.4. The number of hydrogen-bond donors (Lipinski definition) is 3. The molecule has 10 nitrogen and oxygen atoms in total. The lowest BCUT2D eigenvalue weighted by atomic mass is 10.0. The molecule has 1 amide bonds. The summed E-state index contributed by atoms with van der Waals surface area (Å²) in [6.07, 6.45) is -1.35. The van der Waals surface area contributed by atoms with E-state index in [0.717, 1.165) is 18.9 Å². The van der Waals surface area contributed by atoms with Crippen LogP contribution in [0.15, 0.2) is 24.4 Å². The van der Waals surface area contributed by atoms with E-state index >= 15 is 4.39 Å². The molecular formula is C25H28F4N6O4S. The van der Waals surface area contributed by atoms with Crippen molar-refractivity contribution in [2.45, 2.75) is 57.7 Å². The molecule has 1 aromatic carbocycles. The smallest absolute Gasteiger partial charge is 0.407 e. The Kier molecular flexibility index (Phi) is 8.33. The Labute approximate surface area is 228 Å². The molecular weight excluding hydrogens is 556 g/mol. The SMILES string of the molecule is COC(=O)N[C@@H](C)CCc1nccc(-c2[nH]c(C3CC3)nc2-c2cc(C)cc(NS(=O)(=O)CC(F)(F)F)c2F)n1. The number of imidazole rings is 1. The monoisotopic (exact) mass is 584 g/mol. The van der Waals surface area contributed by atoms with Crippen molar-refractivity contribution in [1.82, 2.24) is 25.3 Å². The van der Waals surface area contributed by atoms with Crippen LogP contribution in [-0.2, 0) is 21.2 Å². The van der Waals surface area contributed by atoms with E-state index in [4.69, 9.17) is 0 Å². The number of ether oxygens (including phenoxy) is 1. The van der Waals surface area contributed by atoms with E-state index in [0.29, 0.717) is 41.4 Å². The molecule has 1 saturated carbocycles. The van der Waals surface area contributed by atoms with Crippen molar-refractivity contribution in [2.75, 3.05) is 17.6 Å². The van der Waals surface area contributed by atoms with E-state index in [2.05, 4.69) is 30.0 Å². The van der Waals surface area contributed by atoms with Gasteiger partial charge in [-0.25, -0.2) is 32.6 Å². The molecule has 40 heavy (non-hydrogen) atoms. The quantitative estimate of drug-likeness (QED) is 0.290. The molecule has 1 fully saturated rings. The van der Waals surface area contributed by atoms with Gasteiger partial charge in [-0.15, -0.1) is 0 Å². The number of anilines is 1. The molecule has 1 aliphatic carbocycles. The Morgan fingerprint density at radius 1 is 1.25 bits per heavy atom. The number of halogens is 4. The number of nitrogens with one attached hydrogen (secondary N) is 3. The molecule has 0 saturated heterocycles. The third-order valence-corrected chi connectivity index (χ3v) is 7.33. The fraction of sp³-hybridized carbons (Fsp3) is 0.440. The van der Waals surface area contributed by atoms with Gasteiger partial charge < -0.3 is 15.0 Å². The summed E-state index contributed by atoms with van der Waals surface area (Å²) in [5.41, 5.74) is 0.590. The van der Waals surface area contributed by atoms with Gasteiger partial charge in [0.15, 0.2) is 11.6 Å². The van der Waals surface area contributed by atoms with Crippen molar-refractivity contribution in [2.24, 2.45) is 0 Å². The highest BCUT2D eigenvalue weighted by Crippen LogP contribution is 2.42. The second-order valence-electron chi connectivity index (χ2n) is 9.70. The first-order valence-electron chi connectivity index (χ1n) is 12.4. The van der Waals surface area contributed by atoms with Crippen molar-refractivity contribution in [3.05, 3.63) is 47.4 Å². The zero-order valence-corrected chi connectivity index (χ0v) is 22.7. The second-order valence-corrected chi connectivity index (χ2v) is 11.4. The Morgan fingerprint density at radius 3 is 2.62 bits per heavy atom. The van der Waals surface area contributed by atoms with Gasteiger partial charge in [-0.1, -0.05) is 0 Å². The Morgan fingerprint density at radius 2 is 1.98 bits per heavy atom. The number of aromatic amines is 1. The number of amides is 1. The third-order valence-electron chi connectivity index (χ3n) is 6.09. The number of alkyl halides is 3. The predicted octanol–water partition coefficient (Wildman–Crippen LogP) is 4.84. The maximum absolute atomic E-state index is 15.7. The van der Waals surface area contributed by atoms with E-state index in [-0.39, 0.29) is 23.2 Å². The summed E-state index contributed by atoms with van der Waals surface area (Å²) in [7, 11) is -3.65. The molecule has 0 bridgehead atoms. The standard InChI is InChI=1S/C25H28F4N6O4S/c1-13-10-16(20(26)18(11-13)35-40(37,38)12-25(27,28)29)21-22(34-23(33-21)15-5-6-15)17-8-9-30-19(32-17)7-4-14(2)31-24(36)39-3/h8-11,14-15,35H,4-7,12H2,1-3H3,(H,31,36)(H,33,34)/t14-/m0/s1. The fourth-order valence-electron chi connectivity index (χ4n) is 4.09. The molecule has 0 radical (unpaired) electrons. The van der Waals surface area contributed by atoms with Crippen LogP contribution in [0.25, 0.3) is 22.6 Å². The van der Waals surface area contributed by atoms with Gasteiger partial charge in [0.05, 0.1) is 24.2 Å². The fourth-order valence-corrected chi connectivity index (χ4v) is 5.08. The molecule has 0 spiro atoms. The maximum Gasteiger partial charge on any atom is 0.407 e. The number of H-pyrrole nitrogens is 1. The van der Waals surface area contributed by atoms with Gasteiger partial charge in [0.25, 0.3) is 0 Å². The summed E-state index contributed by atoms with van der Waals surface area (Å²) in [4.78, 5) is 28.1. The molecule has 216 valence electrons. The molecule has 0 unspecified atom stereocenters. The van der Waals surface area contributed by atoms with Gasteiger partial charge in [0.2, 0.25) is 10.0 Å². The lowest BCUT2D eigenvalue weighted by Gasteiger charge is -2.14. The summed E-state index contributed by atoms with van der Waals surface area (Å²) >= 11 is 0. The van der Waals surface area contributed by atoms with E-state index in [1.807, 2.05) is 0 Å². The largest absolute Gasteiger partial charge is 0.453 e. The minimum Gasteiger partial charge on any atom is -0.453 e. The Balaban J connectivity index is 1.69. The Bertz CT molecular complexity index is 1510. The van der Waals surface area contributed by atoms with Crippen LogP contribution in [0.5, 0.6) is 0 Å². The van der Waals surface area contributed by atoms with Gasteiger partial charge in [-0.2, -0.15) is 13.2 Å². The number of aromatic nitrogens is 4. The average Bonchev–Trinajstić information content (AvgIpc) is 3.61. The first-order valence-corrected chi connectivity index (χ1v) is 14.0. The predicted molar refractivity (Wildman–Crippen MR) is 139 cm³/mol. The van der Waals surface area contributed by atoms with Gasteiger partial charge in [0.1, 0.15) is 17.3 Å². The first-order chi connectivity index (χ1) is 18.7. The minimum absolute atomic E-state index is 0.0982. The number of nitrogens with zero attached hydrogens (tertiary/aromatic N) is 3. The lowest BCUT2D eigenvalue weighted by Crippen LogP contribution is -2.32. The molecule has 3 N–H and O–H groups in total. The van der Waals surface area contributed by atoms with Crippen molar-refractivity contribution >= 4 is 21.8 Å². The van der Waals surface area contributed by atoms with E-state index in [1.54, 1.807) is 24.6 Å². The average molecular weight is 585 g/mol. The number of alkyl carbamates (subject to hydrolysis) is 1. The Hall–Kier alpha value is -3.75. The molecule has 1 atom stereocenters. The highest BCUT2D eigenvalue weighted by molar-refractivity contribution is 7.92. The van der Waals surface area contributed by atoms with E-state index in [1.165, 1.54) is 19.4 Å². The van der Waals surface area contributed by atoms with Gasteiger partial charge in [-0.3, -0.25) is 4.72 Å². The van der Waals surface area contributed by atoms with E-state index < -0.39 is 39.6 Å². The maximum atomic E-state index is 15.7. The van der Waals surface area contributed by atoms with Crippen LogP contribution in [0, 0.1) is 12.7 Å². The highest BCUT2D eigenvalue weighted by atomic mass is 32.2. The zero-order chi connectivity index (χ0) is 29.2. The number of rotatable bonds is 10. The third kappa shape index (κ3) is 7.46. The van der Waals surface area contributed by atoms with Crippen LogP contribution in [0.1, 0.15) is 49.3 Å². The lowest BCUT2D eigenvalue weighted by molar-refractivity contribution is -0.106. The van der Waals surface area contributed by atoms with Crippen molar-refractivity contribution < 1.29 is 35.5 Å². The summed E-state index contributed by atoms with van der Waals surface area (Å²) in [6.45, 7) is 3.36. The molecule has 15 heteroatoms. The van der Waals surface area contributed by atoms with Crippen molar-refractivity contribution in [1.29, 1.82) is 0 Å². The summed E-state index contributed by atoms with van der Waals surface area (Å²) in [6, 6.07) is 3.95. The molecule has 0 aliphatic heterocycles. The van der Waals surface area contributed by atoms with Gasteiger partial charge in [-0.05, 0) is 56.9 Å². The first kappa shape index (κ1) is 29.2. The molecule has 3 aromatic rings. The van der Waals surface area contributed by atoms with Gasteiger partial charge >= 0.3 is 12.3 Å². The number of carbonyl (C=O) groups excluding carboxylic acids is 1. The normalized spacial score (nSPS) is 14.6. The van der Waals surface area contributed by atoms with Crippen LogP contribution in [0.3, 0.4) is 0 Å². The van der Waals surface area contributed by atoms with Crippen LogP contribution in [0.2, 0.25) is 0 Å². The number of carbonyl (C=O) groups is 1. The van der Waals surface area contributed by atoms with Crippen molar-refractivity contribution in [3.8, 4) is 22.6 Å². The van der Waals surface area contributed by atoms with E-state index in [9.17, 15) is 26.4 Å². The number of sulfonamides is 1. The topological polar surface area (TPSA) is 139 Å². The highest BCUT2D eigenvalue weighted by Gasteiger charge is 2.36. The minimum atomic E-state index is -5.00. The summed E-state index contributed by atoms with van der Waals surface area (Å²) in [5.74, 6) is -2.03. The summed E-state index contributed by atoms with van der Waals surface area (Å²) in [5, 5.41) is 2.66. The number of benzene rings is 1. The molecule has 2 heterocycles. The van der Waals surface area contributed by atoms with Crippen LogP contribution in [-0.4, -0.2) is 59.5 Å². The molecule has 2 aromatic heterocycles. The number of methoxy groups -OCH3 is 1. The molecule has 4 rings (SSSR count).